The van der Waals surface area contributed by atoms with Crippen molar-refractivity contribution in [2.24, 2.45) is 0 Å². The van der Waals surface area contributed by atoms with Crippen LogP contribution in [0.2, 0.25) is 0 Å². The molecule has 2 aromatic rings. The van der Waals surface area contributed by atoms with Crippen molar-refractivity contribution in [3.8, 4) is 0 Å². The molecule has 6 nitrogen and oxygen atoms in total. The number of carbonyl (C=O) groups excluding carboxylic acids is 1. The summed E-state index contributed by atoms with van der Waals surface area (Å²) in [5.41, 5.74) is 3.11. The van der Waals surface area contributed by atoms with Gasteiger partial charge in [0.15, 0.2) is 6.10 Å². The molecule has 1 aliphatic rings. The van der Waals surface area contributed by atoms with Crippen molar-refractivity contribution < 1.29 is 24.2 Å². The SMILES string of the molecule is O=C(NCc1cccc(COCc2ccccc2)c1)[C@@H]1CC[C@H](C(=O)O)O1. The highest BCUT2D eigenvalue weighted by molar-refractivity contribution is 5.82. The van der Waals surface area contributed by atoms with E-state index in [1.165, 1.54) is 0 Å². The van der Waals surface area contributed by atoms with Gasteiger partial charge in [-0.1, -0.05) is 54.6 Å². The zero-order chi connectivity index (χ0) is 19.1. The number of nitrogens with one attached hydrogen (secondary N) is 1. The molecule has 1 fully saturated rings. The van der Waals surface area contributed by atoms with Gasteiger partial charge in [-0.25, -0.2) is 4.79 Å². The van der Waals surface area contributed by atoms with Crippen LogP contribution >= 0.6 is 0 Å². The fraction of sp³-hybridized carbons (Fsp3) is 0.333. The summed E-state index contributed by atoms with van der Waals surface area (Å²) in [7, 11) is 0. The van der Waals surface area contributed by atoms with Crippen molar-refractivity contribution in [1.29, 1.82) is 0 Å². The molecule has 1 saturated heterocycles. The lowest BCUT2D eigenvalue weighted by molar-refractivity contribution is -0.151. The number of hydrogen-bond donors (Lipinski definition) is 2. The Labute approximate surface area is 158 Å². The Morgan fingerprint density at radius 2 is 1.63 bits per heavy atom. The highest BCUT2D eigenvalue weighted by Gasteiger charge is 2.34. The minimum Gasteiger partial charge on any atom is -0.479 e. The summed E-state index contributed by atoms with van der Waals surface area (Å²) < 4.78 is 11.0. The number of carbonyl (C=O) groups is 2. The van der Waals surface area contributed by atoms with Crippen LogP contribution in [-0.4, -0.2) is 29.2 Å². The number of carboxylic acid groups (broad SMARTS) is 1. The molecule has 27 heavy (non-hydrogen) atoms. The lowest BCUT2D eigenvalue weighted by Gasteiger charge is -2.12. The summed E-state index contributed by atoms with van der Waals surface area (Å²) >= 11 is 0. The number of benzene rings is 2. The van der Waals surface area contributed by atoms with Gasteiger partial charge in [-0.15, -0.1) is 0 Å². The number of amides is 1. The first kappa shape index (κ1) is 19.1. The van der Waals surface area contributed by atoms with Gasteiger partial charge in [-0.05, 0) is 29.5 Å². The summed E-state index contributed by atoms with van der Waals surface area (Å²) in [5.74, 6) is -1.29. The number of aliphatic carboxylic acids is 1. The largest absolute Gasteiger partial charge is 0.479 e. The molecule has 0 aromatic heterocycles. The highest BCUT2D eigenvalue weighted by atomic mass is 16.5. The van der Waals surface area contributed by atoms with E-state index >= 15 is 0 Å². The summed E-state index contributed by atoms with van der Waals surface area (Å²) in [6, 6.07) is 17.8. The molecular formula is C21H23NO5. The van der Waals surface area contributed by atoms with Crippen LogP contribution in [0.3, 0.4) is 0 Å². The Hall–Kier alpha value is -2.70. The number of hydrogen-bond acceptors (Lipinski definition) is 4. The topological polar surface area (TPSA) is 84.9 Å². The van der Waals surface area contributed by atoms with E-state index in [0.717, 1.165) is 16.7 Å². The van der Waals surface area contributed by atoms with Gasteiger partial charge < -0.3 is 19.9 Å². The van der Waals surface area contributed by atoms with Crippen LogP contribution in [-0.2, 0) is 38.8 Å². The molecule has 0 aliphatic carbocycles. The first-order valence-corrected chi connectivity index (χ1v) is 8.97. The third-order valence-corrected chi connectivity index (χ3v) is 4.43. The normalized spacial score (nSPS) is 19.0. The molecule has 6 heteroatoms. The van der Waals surface area contributed by atoms with Crippen LogP contribution in [0.25, 0.3) is 0 Å². The van der Waals surface area contributed by atoms with E-state index in [1.54, 1.807) is 0 Å². The quantitative estimate of drug-likeness (QED) is 0.747. The van der Waals surface area contributed by atoms with Gasteiger partial charge in [-0.3, -0.25) is 4.79 Å². The van der Waals surface area contributed by atoms with E-state index in [4.69, 9.17) is 14.6 Å². The van der Waals surface area contributed by atoms with Gasteiger partial charge in [0.1, 0.15) is 6.10 Å². The second kappa shape index (κ2) is 9.30. The van der Waals surface area contributed by atoms with Crippen molar-refractivity contribution in [2.75, 3.05) is 0 Å². The predicted octanol–water partition coefficient (Wildman–Crippen LogP) is 2.65. The molecule has 0 unspecified atom stereocenters. The maximum atomic E-state index is 12.1. The molecule has 142 valence electrons. The number of rotatable bonds is 8. The molecule has 2 N–H and O–H groups in total. The summed E-state index contributed by atoms with van der Waals surface area (Å²) in [4.78, 5) is 23.0. The maximum absolute atomic E-state index is 12.1. The van der Waals surface area contributed by atoms with E-state index in [0.29, 0.717) is 32.6 Å². The summed E-state index contributed by atoms with van der Waals surface area (Å²) in [6.45, 7) is 1.40. The van der Waals surface area contributed by atoms with Gasteiger partial charge in [-0.2, -0.15) is 0 Å². The minimum absolute atomic E-state index is 0.274. The standard InChI is InChI=1S/C21H23NO5/c23-20(18-9-10-19(27-18)21(24)25)22-12-16-7-4-8-17(11-16)14-26-13-15-5-2-1-3-6-15/h1-8,11,18-19H,9-10,12-14H2,(H,22,23)(H,24,25)/t18-,19+/m0/s1. The number of carboxylic acids is 1. The van der Waals surface area contributed by atoms with Gasteiger partial charge in [0.25, 0.3) is 0 Å². The van der Waals surface area contributed by atoms with Crippen molar-refractivity contribution in [3.05, 3.63) is 71.3 Å². The van der Waals surface area contributed by atoms with E-state index in [9.17, 15) is 9.59 Å². The van der Waals surface area contributed by atoms with Crippen LogP contribution in [0.1, 0.15) is 29.5 Å². The van der Waals surface area contributed by atoms with Crippen LogP contribution in [0.5, 0.6) is 0 Å². The second-order valence-corrected chi connectivity index (χ2v) is 6.55. The van der Waals surface area contributed by atoms with Gasteiger partial charge in [0, 0.05) is 6.54 Å². The molecule has 0 bridgehead atoms. The van der Waals surface area contributed by atoms with E-state index in [1.807, 2.05) is 54.6 Å². The van der Waals surface area contributed by atoms with Crippen LogP contribution in [0, 0.1) is 0 Å². The molecule has 0 saturated carbocycles. The monoisotopic (exact) mass is 369 g/mol. The third kappa shape index (κ3) is 5.64. The zero-order valence-corrected chi connectivity index (χ0v) is 15.0. The van der Waals surface area contributed by atoms with Crippen molar-refractivity contribution in [3.63, 3.8) is 0 Å². The predicted molar refractivity (Wildman–Crippen MR) is 98.8 cm³/mol. The highest BCUT2D eigenvalue weighted by Crippen LogP contribution is 2.20. The molecule has 2 aromatic carbocycles. The molecule has 0 spiro atoms. The molecule has 3 rings (SSSR count). The van der Waals surface area contributed by atoms with Gasteiger partial charge in [0.2, 0.25) is 5.91 Å². The lowest BCUT2D eigenvalue weighted by Crippen LogP contribution is -2.35. The lowest BCUT2D eigenvalue weighted by atomic mass is 10.1. The molecule has 2 atom stereocenters. The van der Waals surface area contributed by atoms with Crippen molar-refractivity contribution in [1.82, 2.24) is 5.32 Å². The molecule has 1 amide bonds. The Balaban J connectivity index is 1.45. The third-order valence-electron chi connectivity index (χ3n) is 4.43. The molecule has 1 aliphatic heterocycles. The van der Waals surface area contributed by atoms with E-state index < -0.39 is 18.2 Å². The fourth-order valence-electron chi connectivity index (χ4n) is 3.01. The average Bonchev–Trinajstić information content (AvgIpc) is 3.18. The molecule has 0 radical (unpaired) electrons. The number of ether oxygens (including phenoxy) is 2. The Morgan fingerprint density at radius 3 is 2.37 bits per heavy atom. The maximum Gasteiger partial charge on any atom is 0.332 e. The second-order valence-electron chi connectivity index (χ2n) is 6.55. The first-order chi connectivity index (χ1) is 13.1. The zero-order valence-electron chi connectivity index (χ0n) is 15.0. The Kier molecular flexibility index (Phi) is 6.57. The van der Waals surface area contributed by atoms with Gasteiger partial charge in [0.05, 0.1) is 13.2 Å². The fourth-order valence-corrected chi connectivity index (χ4v) is 3.01. The van der Waals surface area contributed by atoms with Crippen LogP contribution in [0.15, 0.2) is 54.6 Å². The van der Waals surface area contributed by atoms with Crippen LogP contribution < -0.4 is 5.32 Å². The molecular weight excluding hydrogens is 346 g/mol. The average molecular weight is 369 g/mol. The van der Waals surface area contributed by atoms with Crippen molar-refractivity contribution >= 4 is 11.9 Å². The smallest absolute Gasteiger partial charge is 0.332 e. The summed E-state index contributed by atoms with van der Waals surface area (Å²) in [5, 5.41) is 11.7. The molecule has 1 heterocycles. The Bertz CT molecular complexity index is 777. The summed E-state index contributed by atoms with van der Waals surface area (Å²) in [6.07, 6.45) is -0.785. The minimum atomic E-state index is -1.02. The van der Waals surface area contributed by atoms with Gasteiger partial charge >= 0.3 is 5.97 Å². The van der Waals surface area contributed by atoms with E-state index in [2.05, 4.69) is 5.32 Å². The van der Waals surface area contributed by atoms with E-state index in [-0.39, 0.29) is 5.91 Å². The Morgan fingerprint density at radius 1 is 0.963 bits per heavy atom. The van der Waals surface area contributed by atoms with Crippen LogP contribution in [0.4, 0.5) is 0 Å². The van der Waals surface area contributed by atoms with Crippen molar-refractivity contribution in [2.45, 2.75) is 44.8 Å². The first-order valence-electron chi connectivity index (χ1n) is 8.97.